The van der Waals surface area contributed by atoms with Gasteiger partial charge < -0.3 is 40.5 Å². The Kier molecular flexibility index (Phi) is 329. The molecule has 0 unspecified atom stereocenters. The Balaban J connectivity index is 0. The molecule has 0 amide bonds. The van der Waals surface area contributed by atoms with E-state index >= 15 is 0 Å². The molecule has 0 nitrogen and oxygen atoms in total. The summed E-state index contributed by atoms with van der Waals surface area (Å²) in [5.41, 5.74) is 0. The van der Waals surface area contributed by atoms with Gasteiger partial charge in [-0.3, -0.25) is 0 Å². The zero-order valence-electron chi connectivity index (χ0n) is 2.22. The fourth-order valence-electron chi connectivity index (χ4n) is 0. The molecule has 0 bridgehead atoms. The summed E-state index contributed by atoms with van der Waals surface area (Å²) in [4.78, 5) is 0. The average Bonchev–Trinajstić information content (AvgIpc) is 0. The van der Waals surface area contributed by atoms with Gasteiger partial charge in [0.05, 0.1) is 0 Å². The number of rotatable bonds is 0. The minimum absolute atomic E-state index is 0. The molecule has 0 aromatic heterocycles. The summed E-state index contributed by atoms with van der Waals surface area (Å²) in [6.45, 7) is 0. The zero-order valence-corrected chi connectivity index (χ0v) is 9.84. The predicted molar refractivity (Wildman–Crippen MR) is 32.5 cm³/mol. The maximum Gasteiger partial charge on any atom is 0 e. The molecule has 0 radical (unpaired) electrons. The Morgan fingerprint density at radius 3 is 0.600 bits per heavy atom. The van der Waals surface area contributed by atoms with Crippen LogP contribution >= 0.6 is 13.5 Å². The molecule has 0 rings (SSSR count). The topological polar surface area (TPSA) is 0 Å². The Morgan fingerprint density at radius 2 is 0.600 bits per heavy atom. The standard InChI is InChI=1S/H2S.3S.U/h1H2;;;;/q;3*-2;. The molecule has 0 atom stereocenters. The number of hydrogen-bond donors (Lipinski definition) is 0. The van der Waals surface area contributed by atoms with Gasteiger partial charge in [-0.05, 0) is 0 Å². The molecule has 0 saturated heterocycles. The molecule has 0 fully saturated rings. The van der Waals surface area contributed by atoms with Crippen molar-refractivity contribution in [2.75, 3.05) is 0 Å². The predicted octanol–water partition coefficient (Wildman–Crippen LogP) is 0.106. The van der Waals surface area contributed by atoms with Crippen molar-refractivity contribution >= 4 is 54.0 Å². The van der Waals surface area contributed by atoms with Gasteiger partial charge in [0.1, 0.15) is 0 Å². The van der Waals surface area contributed by atoms with Crippen molar-refractivity contribution in [1.29, 1.82) is 0 Å². The van der Waals surface area contributed by atoms with E-state index in [1.54, 1.807) is 0 Å². The van der Waals surface area contributed by atoms with Crippen molar-refractivity contribution in [1.82, 2.24) is 0 Å². The van der Waals surface area contributed by atoms with Gasteiger partial charge in [0.15, 0.2) is 0 Å². The van der Waals surface area contributed by atoms with Crippen LogP contribution in [0.1, 0.15) is 0 Å². The van der Waals surface area contributed by atoms with Gasteiger partial charge in [0, 0.05) is 31.1 Å². The average molecular weight is 368 g/mol. The largest absolute Gasteiger partial charge is 2.00 e. The second-order valence-electron chi connectivity index (χ2n) is 0. The minimum atomic E-state index is 0. The molecule has 0 heterocycles. The first-order valence-corrected chi connectivity index (χ1v) is 0. The first-order valence-electron chi connectivity index (χ1n) is 0. The van der Waals surface area contributed by atoms with Gasteiger partial charge >= 0.3 is 0 Å². The summed E-state index contributed by atoms with van der Waals surface area (Å²) in [5.74, 6) is 0. The van der Waals surface area contributed by atoms with Gasteiger partial charge in [-0.2, -0.15) is 13.5 Å². The van der Waals surface area contributed by atoms with Crippen LogP contribution in [-0.2, 0) is 40.5 Å². The summed E-state index contributed by atoms with van der Waals surface area (Å²) in [5, 5.41) is 0. The van der Waals surface area contributed by atoms with Gasteiger partial charge in [-0.25, -0.2) is 0 Å². The molecule has 0 N–H and O–H groups in total. The second kappa shape index (κ2) is 31.9. The summed E-state index contributed by atoms with van der Waals surface area (Å²) in [6.07, 6.45) is 0. The van der Waals surface area contributed by atoms with Gasteiger partial charge in [-0.15, -0.1) is 0 Å². The first-order chi connectivity index (χ1) is 0. The molecular formula is H2S4U-6. The van der Waals surface area contributed by atoms with Crippen molar-refractivity contribution in [3.05, 3.63) is 0 Å². The molecule has 0 aromatic rings. The zero-order chi connectivity index (χ0) is 0. The van der Waals surface area contributed by atoms with Crippen molar-refractivity contribution in [2.45, 2.75) is 0 Å². The van der Waals surface area contributed by atoms with Crippen molar-refractivity contribution in [3.8, 4) is 0 Å². The fraction of sp³-hybridized carbons (Fsp3) is 0. The van der Waals surface area contributed by atoms with Crippen LogP contribution in [0.15, 0.2) is 0 Å². The van der Waals surface area contributed by atoms with Crippen LogP contribution in [0.5, 0.6) is 0 Å². The third-order valence-corrected chi connectivity index (χ3v) is 0. The summed E-state index contributed by atoms with van der Waals surface area (Å²) < 4.78 is 0. The van der Waals surface area contributed by atoms with E-state index in [1.807, 2.05) is 0 Å². The fourth-order valence-corrected chi connectivity index (χ4v) is 0. The third kappa shape index (κ3) is 21.3. The molecule has 5 heavy (non-hydrogen) atoms. The van der Waals surface area contributed by atoms with E-state index in [4.69, 9.17) is 0 Å². The molecule has 36 valence electrons. The van der Waals surface area contributed by atoms with E-state index in [2.05, 4.69) is 0 Å². The van der Waals surface area contributed by atoms with Crippen LogP contribution in [-0.4, -0.2) is 0 Å². The second-order valence-corrected chi connectivity index (χ2v) is 0. The van der Waals surface area contributed by atoms with Crippen LogP contribution in [0.4, 0.5) is 0 Å². The van der Waals surface area contributed by atoms with Crippen molar-refractivity contribution in [3.63, 3.8) is 0 Å². The first kappa shape index (κ1) is 51.6. The quantitative estimate of drug-likeness (QED) is 0.569. The van der Waals surface area contributed by atoms with Crippen molar-refractivity contribution < 1.29 is 31.1 Å². The maximum absolute atomic E-state index is 0. The van der Waals surface area contributed by atoms with Crippen molar-refractivity contribution in [2.24, 2.45) is 0 Å². The molecule has 0 aromatic carbocycles. The summed E-state index contributed by atoms with van der Waals surface area (Å²) in [6, 6.07) is 0. The van der Waals surface area contributed by atoms with E-state index in [0.29, 0.717) is 0 Å². The summed E-state index contributed by atoms with van der Waals surface area (Å²) >= 11 is 0. The third-order valence-electron chi connectivity index (χ3n) is 0. The van der Waals surface area contributed by atoms with Gasteiger partial charge in [-0.1, -0.05) is 0 Å². The van der Waals surface area contributed by atoms with Crippen LogP contribution in [0, 0.1) is 31.1 Å². The Morgan fingerprint density at radius 1 is 0.600 bits per heavy atom. The van der Waals surface area contributed by atoms with E-state index in [9.17, 15) is 0 Å². The van der Waals surface area contributed by atoms with Crippen LogP contribution in [0.2, 0.25) is 0 Å². The molecule has 0 aliphatic rings. The van der Waals surface area contributed by atoms with Gasteiger partial charge in [0.2, 0.25) is 0 Å². The SMILES string of the molecule is S.[S-2].[S-2].[S-2].[U]. The monoisotopic (exact) mass is 368 g/mol. The van der Waals surface area contributed by atoms with E-state index in [-0.39, 0.29) is 85.1 Å². The van der Waals surface area contributed by atoms with Gasteiger partial charge in [0.25, 0.3) is 0 Å². The van der Waals surface area contributed by atoms with Crippen LogP contribution in [0.3, 0.4) is 0 Å². The number of hydrogen-bond acceptors (Lipinski definition) is 0. The molecule has 0 spiro atoms. The van der Waals surface area contributed by atoms with E-state index in [0.717, 1.165) is 0 Å². The van der Waals surface area contributed by atoms with Crippen LogP contribution < -0.4 is 0 Å². The molecule has 0 aliphatic carbocycles. The Labute approximate surface area is 84.0 Å². The molecule has 5 heteroatoms. The molecule has 0 aliphatic heterocycles. The summed E-state index contributed by atoms with van der Waals surface area (Å²) in [7, 11) is 0. The Bertz CT molecular complexity index is 3.61. The minimum Gasteiger partial charge on any atom is -2.00 e. The van der Waals surface area contributed by atoms with E-state index in [1.165, 1.54) is 0 Å². The maximum atomic E-state index is 0. The smallest absolute Gasteiger partial charge is 0 e. The van der Waals surface area contributed by atoms with E-state index < -0.39 is 0 Å². The molecular weight excluding hydrogens is 366 g/mol. The Hall–Kier alpha value is 2.45. The molecule has 0 saturated carbocycles. The van der Waals surface area contributed by atoms with Crippen LogP contribution in [0.25, 0.3) is 0 Å². The normalized spacial score (nSPS) is 0.